The molecule has 6 nitrogen and oxygen atoms in total. The van der Waals surface area contributed by atoms with Gasteiger partial charge in [0.1, 0.15) is 25.7 Å². The van der Waals surface area contributed by atoms with E-state index in [1.165, 1.54) is 69.4 Å². The minimum Gasteiger partial charge on any atom is -0.344 e. The van der Waals surface area contributed by atoms with Gasteiger partial charge in [0.25, 0.3) is 0 Å². The van der Waals surface area contributed by atoms with Gasteiger partial charge in [-0.1, -0.05) is 24.3 Å². The van der Waals surface area contributed by atoms with Gasteiger partial charge in [0.15, 0.2) is 24.8 Å². The predicted molar refractivity (Wildman–Crippen MR) is 196 cm³/mol. The van der Waals surface area contributed by atoms with Gasteiger partial charge in [-0.2, -0.15) is 23.5 Å². The fourth-order valence-corrected chi connectivity index (χ4v) is 15.2. The molecule has 50 heavy (non-hydrogen) atoms. The number of Topliss-reactive ketones (excluding diaryl/α,β-unsaturated/α-hetero) is 2. The number of allylic oxidation sites excluding steroid dienone is 2. The summed E-state index contributed by atoms with van der Waals surface area (Å²) in [7, 11) is 8.50. The highest BCUT2D eigenvalue weighted by molar-refractivity contribution is 8.00. The molecule has 11 rings (SSSR count). The number of thioether (sulfide) groups is 2. The summed E-state index contributed by atoms with van der Waals surface area (Å²) in [6.45, 7) is 0. The lowest BCUT2D eigenvalue weighted by molar-refractivity contribution is -0.671. The topological polar surface area (TPSA) is 47.9 Å². The summed E-state index contributed by atoms with van der Waals surface area (Å²) in [5.74, 6) is 6.34. The quantitative estimate of drug-likeness (QED) is 0.327. The third-order valence-electron chi connectivity index (χ3n) is 14.0. The molecule has 0 amide bonds. The molecule has 0 N–H and O–H groups in total. The van der Waals surface area contributed by atoms with E-state index in [4.69, 9.17) is 0 Å². The summed E-state index contributed by atoms with van der Waals surface area (Å²) in [5.41, 5.74) is 10.8. The second kappa shape index (κ2) is 10.6. The lowest BCUT2D eigenvalue weighted by Crippen LogP contribution is -2.36. The summed E-state index contributed by atoms with van der Waals surface area (Å²) in [4.78, 5) is 32.2. The maximum absolute atomic E-state index is 13.7. The molecule has 3 aromatic rings. The molecular formula is C42H44N4O2S2+2. The summed E-state index contributed by atoms with van der Waals surface area (Å²) in [5, 5.41) is 0.971. The zero-order chi connectivity index (χ0) is 33.7. The minimum atomic E-state index is 0.138. The van der Waals surface area contributed by atoms with E-state index < -0.39 is 0 Å². The lowest BCUT2D eigenvalue weighted by Gasteiger charge is -2.38. The van der Waals surface area contributed by atoms with Gasteiger partial charge >= 0.3 is 0 Å². The molecule has 0 bridgehead atoms. The molecule has 4 saturated carbocycles. The summed E-state index contributed by atoms with van der Waals surface area (Å²) in [6.07, 6.45) is 10.9. The van der Waals surface area contributed by atoms with Crippen molar-refractivity contribution in [3.63, 3.8) is 0 Å². The van der Waals surface area contributed by atoms with Crippen molar-refractivity contribution in [2.45, 2.75) is 35.2 Å². The third kappa shape index (κ3) is 4.18. The molecule has 2 saturated heterocycles. The van der Waals surface area contributed by atoms with Crippen LogP contribution in [0.1, 0.15) is 46.9 Å². The number of fused-ring (bicyclic) bond motifs is 4. The molecule has 8 aliphatic rings. The SMILES string of the molecule is CN1C(c2cc[n+](C)cc2)=C1C1C2CCSC2C(c2ccc(C3C4SCCC4C(C4=C(c5cc[n+](C)cc5)N4C)C4C(=O)C43)cc2)C2C(=O)C12. The summed E-state index contributed by atoms with van der Waals surface area (Å²) < 4.78 is 4.16. The molecule has 4 aliphatic heterocycles. The fraction of sp³-hybridized carbons (Fsp3) is 0.476. The van der Waals surface area contributed by atoms with Gasteiger partial charge in [-0.15, -0.1) is 0 Å². The Kier molecular flexibility index (Phi) is 6.42. The molecule has 12 atom stereocenters. The van der Waals surface area contributed by atoms with E-state index in [-0.39, 0.29) is 23.7 Å². The molecule has 6 heterocycles. The number of ketones is 2. The van der Waals surface area contributed by atoms with E-state index in [2.05, 4.69) is 144 Å². The molecule has 6 fully saturated rings. The van der Waals surface area contributed by atoms with Gasteiger partial charge < -0.3 is 9.80 Å². The van der Waals surface area contributed by atoms with Crippen LogP contribution < -0.4 is 9.13 Å². The monoisotopic (exact) mass is 700 g/mol. The number of carbonyl (C=O) groups excluding carboxylic acids is 2. The van der Waals surface area contributed by atoms with E-state index in [1.54, 1.807) is 0 Å². The summed E-state index contributed by atoms with van der Waals surface area (Å²) >= 11 is 4.23. The number of nitrogens with zero attached hydrogens (tertiary/aromatic N) is 4. The van der Waals surface area contributed by atoms with Crippen LogP contribution in [0.4, 0.5) is 0 Å². The highest BCUT2D eigenvalue weighted by Crippen LogP contribution is 2.70. The average molecular weight is 701 g/mol. The van der Waals surface area contributed by atoms with Crippen LogP contribution in [0.15, 0.2) is 84.7 Å². The van der Waals surface area contributed by atoms with Crippen molar-refractivity contribution in [3.8, 4) is 0 Å². The van der Waals surface area contributed by atoms with Crippen LogP contribution in [0, 0.1) is 47.3 Å². The highest BCUT2D eigenvalue weighted by Gasteiger charge is 2.70. The first-order valence-corrected chi connectivity index (χ1v) is 20.7. The zero-order valence-corrected chi connectivity index (χ0v) is 30.7. The minimum absolute atomic E-state index is 0.138. The Morgan fingerprint density at radius 2 is 0.900 bits per heavy atom. The van der Waals surface area contributed by atoms with Crippen LogP contribution in [0.2, 0.25) is 0 Å². The Morgan fingerprint density at radius 1 is 0.540 bits per heavy atom. The van der Waals surface area contributed by atoms with Crippen molar-refractivity contribution in [3.05, 3.63) is 107 Å². The van der Waals surface area contributed by atoms with Gasteiger partial charge in [-0.05, 0) is 47.3 Å². The van der Waals surface area contributed by atoms with Crippen LogP contribution in [-0.4, -0.2) is 57.5 Å². The normalized spacial score (nSPS) is 39.0. The largest absolute Gasteiger partial charge is 0.344 e. The van der Waals surface area contributed by atoms with Crippen LogP contribution in [0.3, 0.4) is 0 Å². The maximum Gasteiger partial charge on any atom is 0.169 e. The summed E-state index contributed by atoms with van der Waals surface area (Å²) in [6, 6.07) is 18.3. The first kappa shape index (κ1) is 30.3. The van der Waals surface area contributed by atoms with Crippen molar-refractivity contribution < 1.29 is 18.7 Å². The molecule has 0 spiro atoms. The number of pyridine rings is 2. The Labute approximate surface area is 303 Å². The van der Waals surface area contributed by atoms with Gasteiger partial charge in [-0.25, -0.2) is 9.13 Å². The van der Waals surface area contributed by atoms with Crippen molar-refractivity contribution >= 4 is 46.5 Å². The number of aryl methyl sites for hydroxylation is 2. The standard InChI is InChI=1S/C42H44N4O2S2/c1-43-15-9-23(10-16-43)35-37(45(35)3)29-25-13-19-49-41(25)27(31-33(29)39(31)47)21-5-7-22(8-6-21)28-32-34(40(32)48)30(26-14-20-50-42(26)28)38-36(46(38)4)24-11-17-44(2)18-12-24/h5-12,15-18,25-34,41-42H,13-14,19-20H2,1-4H3/q+2. The van der Waals surface area contributed by atoms with E-state index in [0.29, 0.717) is 57.6 Å². The average Bonchev–Trinajstić information content (AvgIpc) is 4.07. The van der Waals surface area contributed by atoms with Crippen molar-refractivity contribution in [1.82, 2.24) is 9.80 Å². The Hall–Kier alpha value is -3.36. The lowest BCUT2D eigenvalue weighted by atomic mass is 9.68. The molecule has 1 aromatic carbocycles. The Bertz CT molecular complexity index is 1890. The molecule has 0 radical (unpaired) electrons. The van der Waals surface area contributed by atoms with Crippen molar-refractivity contribution in [2.24, 2.45) is 61.4 Å². The number of hydrogen-bond donors (Lipinski definition) is 0. The van der Waals surface area contributed by atoms with Crippen molar-refractivity contribution in [1.29, 1.82) is 0 Å². The van der Waals surface area contributed by atoms with Crippen LogP contribution >= 0.6 is 23.5 Å². The molecular weight excluding hydrogens is 657 g/mol. The third-order valence-corrected chi connectivity index (χ3v) is 17.0. The molecule has 4 aliphatic carbocycles. The van der Waals surface area contributed by atoms with Crippen molar-refractivity contribution in [2.75, 3.05) is 25.6 Å². The van der Waals surface area contributed by atoms with Crippen LogP contribution in [-0.2, 0) is 23.7 Å². The molecule has 254 valence electrons. The fourth-order valence-electron chi connectivity index (χ4n) is 11.6. The molecule has 12 unspecified atom stereocenters. The maximum atomic E-state index is 13.7. The zero-order valence-electron chi connectivity index (χ0n) is 29.1. The Balaban J connectivity index is 0.869. The number of carbonyl (C=O) groups is 2. The number of aromatic nitrogens is 2. The van der Waals surface area contributed by atoms with E-state index >= 15 is 0 Å². The number of benzene rings is 1. The van der Waals surface area contributed by atoms with Crippen LogP contribution in [0.5, 0.6) is 0 Å². The van der Waals surface area contributed by atoms with Gasteiger partial charge in [0, 0.05) is 119 Å². The van der Waals surface area contributed by atoms with E-state index in [1.807, 2.05) is 0 Å². The number of rotatable bonds is 6. The second-order valence-electron chi connectivity index (χ2n) is 16.3. The van der Waals surface area contributed by atoms with Gasteiger partial charge in [0.2, 0.25) is 0 Å². The molecule has 8 heteroatoms. The van der Waals surface area contributed by atoms with Gasteiger partial charge in [0.05, 0.1) is 11.4 Å². The Morgan fingerprint density at radius 3 is 1.28 bits per heavy atom. The van der Waals surface area contributed by atoms with E-state index in [0.717, 1.165) is 0 Å². The number of hydrogen-bond acceptors (Lipinski definition) is 6. The highest BCUT2D eigenvalue weighted by atomic mass is 32.2. The van der Waals surface area contributed by atoms with E-state index in [9.17, 15) is 9.59 Å². The smallest absolute Gasteiger partial charge is 0.169 e. The van der Waals surface area contributed by atoms with Crippen LogP contribution in [0.25, 0.3) is 11.4 Å². The first-order chi connectivity index (χ1) is 24.3. The molecule has 2 aromatic heterocycles. The second-order valence-corrected chi connectivity index (χ2v) is 18.9. The predicted octanol–water partition coefficient (Wildman–Crippen LogP) is 5.26. The van der Waals surface area contributed by atoms with Gasteiger partial charge in [-0.3, -0.25) is 9.59 Å². The first-order valence-electron chi connectivity index (χ1n) is 18.6.